The van der Waals surface area contributed by atoms with Gasteiger partial charge in [-0.1, -0.05) is 15.9 Å². The predicted molar refractivity (Wildman–Crippen MR) is 74.5 cm³/mol. The average Bonchev–Trinajstić information content (AvgIpc) is 2.41. The Hall–Kier alpha value is -0.590. The molecule has 0 saturated carbocycles. The Labute approximate surface area is 124 Å². The molecule has 6 heteroatoms. The lowest BCUT2D eigenvalue weighted by Gasteiger charge is -2.31. The summed E-state index contributed by atoms with van der Waals surface area (Å²) in [4.78, 5) is 0. The van der Waals surface area contributed by atoms with Gasteiger partial charge in [0.2, 0.25) is 0 Å². The highest BCUT2D eigenvalue weighted by Gasteiger charge is 2.33. The van der Waals surface area contributed by atoms with Crippen LogP contribution in [0.3, 0.4) is 0 Å². The van der Waals surface area contributed by atoms with Crippen molar-refractivity contribution >= 4 is 15.9 Å². The van der Waals surface area contributed by atoms with E-state index in [2.05, 4.69) is 21.2 Å². The highest BCUT2D eigenvalue weighted by atomic mass is 79.9. The molecule has 0 bridgehead atoms. The third-order valence-corrected chi connectivity index (χ3v) is 4.36. The number of alkyl halides is 3. The number of benzene rings is 1. The van der Waals surface area contributed by atoms with E-state index in [9.17, 15) is 13.2 Å². The van der Waals surface area contributed by atoms with E-state index in [0.717, 1.165) is 25.5 Å². The van der Waals surface area contributed by atoms with Crippen molar-refractivity contribution in [2.24, 2.45) is 5.92 Å². The number of hydrogen-bond donors (Lipinski definition) is 1. The standard InChI is InChI=1S/C14H17BrF3NO/c1-19-13(9-3-2-6-20-8-9)11-7-10(14(16,17)18)4-5-12(11)15/h4-5,7,9,13,19H,2-3,6,8H2,1H3. The zero-order valence-electron chi connectivity index (χ0n) is 11.1. The predicted octanol–water partition coefficient (Wildman–Crippen LogP) is 4.16. The van der Waals surface area contributed by atoms with E-state index in [1.807, 2.05) is 0 Å². The minimum Gasteiger partial charge on any atom is -0.381 e. The largest absolute Gasteiger partial charge is 0.416 e. The summed E-state index contributed by atoms with van der Waals surface area (Å²) in [6.45, 7) is 1.31. The summed E-state index contributed by atoms with van der Waals surface area (Å²) in [5.41, 5.74) is 0.0190. The Morgan fingerprint density at radius 2 is 2.15 bits per heavy atom. The van der Waals surface area contributed by atoms with Crippen molar-refractivity contribution in [3.63, 3.8) is 0 Å². The molecule has 1 fully saturated rings. The molecule has 2 atom stereocenters. The van der Waals surface area contributed by atoms with E-state index in [4.69, 9.17) is 4.74 Å². The molecule has 1 saturated heterocycles. The Morgan fingerprint density at radius 3 is 2.70 bits per heavy atom. The van der Waals surface area contributed by atoms with Crippen LogP contribution in [0, 0.1) is 5.92 Å². The van der Waals surface area contributed by atoms with Crippen molar-refractivity contribution in [2.75, 3.05) is 20.3 Å². The molecule has 0 aromatic heterocycles. The molecule has 1 aromatic carbocycles. The van der Waals surface area contributed by atoms with Crippen LogP contribution in [0.15, 0.2) is 22.7 Å². The van der Waals surface area contributed by atoms with Crippen molar-refractivity contribution < 1.29 is 17.9 Å². The normalized spacial score (nSPS) is 21.8. The summed E-state index contributed by atoms with van der Waals surface area (Å²) < 4.78 is 44.7. The van der Waals surface area contributed by atoms with E-state index < -0.39 is 11.7 Å². The summed E-state index contributed by atoms with van der Waals surface area (Å²) in [5.74, 6) is 0.188. The number of hydrogen-bond acceptors (Lipinski definition) is 2. The fourth-order valence-electron chi connectivity index (χ4n) is 2.63. The zero-order chi connectivity index (χ0) is 14.8. The summed E-state index contributed by atoms with van der Waals surface area (Å²) in [5, 5.41) is 3.13. The Morgan fingerprint density at radius 1 is 1.40 bits per heavy atom. The molecule has 1 aliphatic heterocycles. The molecule has 2 rings (SSSR count). The number of nitrogens with one attached hydrogen (secondary N) is 1. The molecular formula is C14H17BrF3NO. The van der Waals surface area contributed by atoms with Crippen LogP contribution in [0.5, 0.6) is 0 Å². The Kier molecular flexibility index (Phi) is 5.09. The van der Waals surface area contributed by atoms with Gasteiger partial charge < -0.3 is 10.1 Å². The molecule has 2 nitrogen and oxygen atoms in total. The molecule has 1 N–H and O–H groups in total. The Balaban J connectivity index is 2.32. The molecule has 1 aliphatic rings. The first-order valence-corrected chi connectivity index (χ1v) is 7.34. The van der Waals surface area contributed by atoms with Crippen LogP contribution in [0.4, 0.5) is 13.2 Å². The van der Waals surface area contributed by atoms with Crippen molar-refractivity contribution in [3.8, 4) is 0 Å². The lowest BCUT2D eigenvalue weighted by molar-refractivity contribution is -0.137. The van der Waals surface area contributed by atoms with Crippen LogP contribution < -0.4 is 5.32 Å². The van der Waals surface area contributed by atoms with E-state index in [1.165, 1.54) is 12.1 Å². The smallest absolute Gasteiger partial charge is 0.381 e. The van der Waals surface area contributed by atoms with Gasteiger partial charge in [0.1, 0.15) is 0 Å². The van der Waals surface area contributed by atoms with Gasteiger partial charge in [-0.2, -0.15) is 13.2 Å². The number of halogens is 4. The lowest BCUT2D eigenvalue weighted by atomic mass is 9.88. The quantitative estimate of drug-likeness (QED) is 0.882. The molecule has 20 heavy (non-hydrogen) atoms. The van der Waals surface area contributed by atoms with E-state index >= 15 is 0 Å². The first-order chi connectivity index (χ1) is 9.43. The molecule has 1 aromatic rings. The van der Waals surface area contributed by atoms with Gasteiger partial charge in [-0.25, -0.2) is 0 Å². The molecule has 1 heterocycles. The highest BCUT2D eigenvalue weighted by Crippen LogP contribution is 2.37. The SMILES string of the molecule is CNC(c1cc(C(F)(F)F)ccc1Br)C1CCCOC1. The van der Waals surface area contributed by atoms with Crippen molar-refractivity contribution in [2.45, 2.75) is 25.1 Å². The molecule has 0 aliphatic carbocycles. The second-order valence-electron chi connectivity index (χ2n) is 4.98. The average molecular weight is 352 g/mol. The van der Waals surface area contributed by atoms with Crippen LogP contribution in [-0.2, 0) is 10.9 Å². The van der Waals surface area contributed by atoms with Crippen molar-refractivity contribution in [1.82, 2.24) is 5.32 Å². The number of rotatable bonds is 3. The topological polar surface area (TPSA) is 21.3 Å². The number of ether oxygens (including phenoxy) is 1. The third-order valence-electron chi connectivity index (χ3n) is 3.64. The van der Waals surface area contributed by atoms with E-state index in [-0.39, 0.29) is 12.0 Å². The fourth-order valence-corrected chi connectivity index (χ4v) is 3.13. The van der Waals surface area contributed by atoms with E-state index in [0.29, 0.717) is 16.6 Å². The molecule has 0 spiro atoms. The first kappa shape index (κ1) is 15.8. The van der Waals surface area contributed by atoms with Crippen molar-refractivity contribution in [1.29, 1.82) is 0 Å². The minimum absolute atomic E-state index is 0.146. The summed E-state index contributed by atoms with van der Waals surface area (Å²) in [7, 11) is 1.77. The molecule has 112 valence electrons. The Bertz CT molecular complexity index is 458. The maximum absolute atomic E-state index is 12.8. The molecule has 0 radical (unpaired) electrons. The van der Waals surface area contributed by atoms with Crippen LogP contribution in [0.2, 0.25) is 0 Å². The van der Waals surface area contributed by atoms with Crippen LogP contribution in [-0.4, -0.2) is 20.3 Å². The highest BCUT2D eigenvalue weighted by molar-refractivity contribution is 9.10. The molecular weight excluding hydrogens is 335 g/mol. The molecule has 2 unspecified atom stereocenters. The van der Waals surface area contributed by atoms with Gasteiger partial charge in [-0.15, -0.1) is 0 Å². The molecule has 0 amide bonds. The minimum atomic E-state index is -4.32. The maximum atomic E-state index is 12.8. The summed E-state index contributed by atoms with van der Waals surface area (Å²) in [6.07, 6.45) is -2.43. The van der Waals surface area contributed by atoms with Crippen LogP contribution in [0.1, 0.15) is 30.0 Å². The second-order valence-corrected chi connectivity index (χ2v) is 5.83. The van der Waals surface area contributed by atoms with Gasteiger partial charge in [-0.3, -0.25) is 0 Å². The van der Waals surface area contributed by atoms with Gasteiger partial charge in [-0.05, 0) is 43.7 Å². The first-order valence-electron chi connectivity index (χ1n) is 6.55. The monoisotopic (exact) mass is 351 g/mol. The fraction of sp³-hybridized carbons (Fsp3) is 0.571. The van der Waals surface area contributed by atoms with Crippen LogP contribution in [0.25, 0.3) is 0 Å². The van der Waals surface area contributed by atoms with Crippen molar-refractivity contribution in [3.05, 3.63) is 33.8 Å². The lowest BCUT2D eigenvalue weighted by Crippen LogP contribution is -2.31. The van der Waals surface area contributed by atoms with Gasteiger partial charge in [0, 0.05) is 23.0 Å². The van der Waals surface area contributed by atoms with Gasteiger partial charge in [0.25, 0.3) is 0 Å². The van der Waals surface area contributed by atoms with E-state index in [1.54, 1.807) is 7.05 Å². The van der Waals surface area contributed by atoms with Gasteiger partial charge in [0.05, 0.1) is 12.2 Å². The van der Waals surface area contributed by atoms with Gasteiger partial charge in [0.15, 0.2) is 0 Å². The van der Waals surface area contributed by atoms with Gasteiger partial charge >= 0.3 is 6.18 Å². The maximum Gasteiger partial charge on any atom is 0.416 e. The summed E-state index contributed by atoms with van der Waals surface area (Å²) in [6, 6.07) is 3.64. The summed E-state index contributed by atoms with van der Waals surface area (Å²) >= 11 is 3.36. The third kappa shape index (κ3) is 3.54. The second kappa shape index (κ2) is 6.45. The zero-order valence-corrected chi connectivity index (χ0v) is 12.7. The van der Waals surface area contributed by atoms with Crippen LogP contribution >= 0.6 is 15.9 Å².